The quantitative estimate of drug-likeness (QED) is 0.235. The number of amides is 1. The van der Waals surface area contributed by atoms with Crippen molar-refractivity contribution in [3.05, 3.63) is 52.1 Å². The largest absolute Gasteiger partial charge is 0.505 e. The molecule has 1 saturated carbocycles. The molecule has 5 N–H and O–H groups in total. The van der Waals surface area contributed by atoms with Gasteiger partial charge in [-0.1, -0.05) is 50.0 Å². The van der Waals surface area contributed by atoms with Crippen LogP contribution in [0.25, 0.3) is 22.0 Å². The van der Waals surface area contributed by atoms with Gasteiger partial charge in [-0.25, -0.2) is 0 Å². The van der Waals surface area contributed by atoms with Crippen molar-refractivity contribution in [3.63, 3.8) is 0 Å². The maximum absolute atomic E-state index is 13.5. The molecule has 10 heteroatoms. The second-order valence-corrected chi connectivity index (χ2v) is 12.0. The van der Waals surface area contributed by atoms with Crippen LogP contribution >= 0.6 is 35.6 Å². The summed E-state index contributed by atoms with van der Waals surface area (Å²) in [6, 6.07) is 8.78. The molecule has 1 aliphatic carbocycles. The number of carbonyl (C=O) groups excluding carboxylic acids is 2. The molecule has 1 aliphatic rings. The predicted octanol–water partition coefficient (Wildman–Crippen LogP) is 6.75. The minimum absolute atomic E-state index is 0. The van der Waals surface area contributed by atoms with E-state index in [1.165, 1.54) is 0 Å². The summed E-state index contributed by atoms with van der Waals surface area (Å²) in [7, 11) is 0. The van der Waals surface area contributed by atoms with E-state index in [0.717, 1.165) is 53.4 Å². The van der Waals surface area contributed by atoms with Crippen molar-refractivity contribution in [1.29, 1.82) is 0 Å². The van der Waals surface area contributed by atoms with Gasteiger partial charge in [0.1, 0.15) is 0 Å². The first-order chi connectivity index (χ1) is 17.8. The Morgan fingerprint density at radius 3 is 2.18 bits per heavy atom. The molecular weight excluding hydrogens is 559 g/mol. The first-order valence-corrected chi connectivity index (χ1v) is 13.6. The number of Topliss-reactive ketones (excluding diaryl/α,β-unsaturated/α-hetero) is 1. The molecule has 2 aromatic carbocycles. The summed E-state index contributed by atoms with van der Waals surface area (Å²) in [5, 5.41) is 17.8. The molecule has 1 amide bonds. The third-order valence-electron chi connectivity index (χ3n) is 6.98. The lowest BCUT2D eigenvalue weighted by Crippen LogP contribution is -2.46. The van der Waals surface area contributed by atoms with E-state index < -0.39 is 11.5 Å². The fraction of sp³-hybridized carbons (Fsp3) is 0.414. The number of nitrogens with two attached hydrogens (primary N) is 1. The van der Waals surface area contributed by atoms with Crippen molar-refractivity contribution in [1.82, 2.24) is 10.3 Å². The summed E-state index contributed by atoms with van der Waals surface area (Å²) in [6.45, 7) is 7.37. The molecular formula is C29H35Cl3N4O3. The zero-order chi connectivity index (χ0) is 27.8. The molecule has 1 unspecified atom stereocenters. The number of pyridine rings is 1. The molecule has 1 heterocycles. The van der Waals surface area contributed by atoms with Crippen molar-refractivity contribution in [2.24, 2.45) is 11.1 Å². The number of carbonyl (C=O) groups is 2. The molecule has 210 valence electrons. The van der Waals surface area contributed by atoms with Gasteiger partial charge in [-0.3, -0.25) is 14.6 Å². The number of phenols is 1. The first kappa shape index (κ1) is 31.0. The number of nitrogens with zero attached hydrogens (tertiary/aromatic N) is 1. The van der Waals surface area contributed by atoms with E-state index in [1.54, 1.807) is 25.3 Å². The van der Waals surface area contributed by atoms with Crippen LogP contribution in [0.1, 0.15) is 63.7 Å². The SMILES string of the molecule is CC(N)C(=O)N[C@H]1CC[C@H](Nc2c(C(=O)C(C)(C)C)cnc3ccc(-c4cc(Cl)c(O)c(Cl)c4)cc23)CC1.Cl. The minimum Gasteiger partial charge on any atom is -0.505 e. The number of ketones is 1. The van der Waals surface area contributed by atoms with Crippen LogP contribution in [0.5, 0.6) is 5.75 Å². The highest BCUT2D eigenvalue weighted by Gasteiger charge is 2.29. The number of hydrogen-bond acceptors (Lipinski definition) is 6. The Hall–Kier alpha value is -2.58. The van der Waals surface area contributed by atoms with E-state index in [9.17, 15) is 14.7 Å². The van der Waals surface area contributed by atoms with Crippen LogP contribution in [-0.2, 0) is 4.79 Å². The smallest absolute Gasteiger partial charge is 0.236 e. The monoisotopic (exact) mass is 592 g/mol. The minimum atomic E-state index is -0.595. The number of hydrogen-bond donors (Lipinski definition) is 4. The van der Waals surface area contributed by atoms with Gasteiger partial charge in [0.2, 0.25) is 5.91 Å². The number of phenolic OH excluding ortho intramolecular Hbond substituents is 1. The van der Waals surface area contributed by atoms with E-state index >= 15 is 0 Å². The number of fused-ring (bicyclic) bond motifs is 1. The van der Waals surface area contributed by atoms with Crippen LogP contribution in [0.15, 0.2) is 36.5 Å². The first-order valence-electron chi connectivity index (χ1n) is 12.8. The van der Waals surface area contributed by atoms with Crippen LogP contribution in [0, 0.1) is 5.41 Å². The van der Waals surface area contributed by atoms with E-state index in [1.807, 2.05) is 39.0 Å². The van der Waals surface area contributed by atoms with Crippen molar-refractivity contribution < 1.29 is 14.7 Å². The van der Waals surface area contributed by atoms with Gasteiger partial charge < -0.3 is 21.5 Å². The number of nitrogens with one attached hydrogen (secondary N) is 2. The molecule has 4 rings (SSSR count). The second kappa shape index (κ2) is 12.3. The highest BCUT2D eigenvalue weighted by Crippen LogP contribution is 2.39. The molecule has 0 spiro atoms. The molecule has 1 atom stereocenters. The molecule has 39 heavy (non-hydrogen) atoms. The highest BCUT2D eigenvalue weighted by molar-refractivity contribution is 6.37. The van der Waals surface area contributed by atoms with Crippen LogP contribution in [0.2, 0.25) is 10.0 Å². The lowest BCUT2D eigenvalue weighted by molar-refractivity contribution is -0.122. The predicted molar refractivity (Wildman–Crippen MR) is 161 cm³/mol. The number of aromatic hydroxyl groups is 1. The molecule has 0 saturated heterocycles. The van der Waals surface area contributed by atoms with Gasteiger partial charge >= 0.3 is 0 Å². The molecule has 0 aliphatic heterocycles. The van der Waals surface area contributed by atoms with Gasteiger partial charge in [0.25, 0.3) is 0 Å². The van der Waals surface area contributed by atoms with E-state index in [2.05, 4.69) is 15.6 Å². The highest BCUT2D eigenvalue weighted by atomic mass is 35.5. The number of halogens is 3. The zero-order valence-corrected chi connectivity index (χ0v) is 24.8. The normalized spacial score (nSPS) is 18.2. The summed E-state index contributed by atoms with van der Waals surface area (Å²) >= 11 is 12.4. The molecule has 1 fully saturated rings. The Labute approximate surface area is 245 Å². The maximum atomic E-state index is 13.5. The van der Waals surface area contributed by atoms with Gasteiger partial charge in [0, 0.05) is 29.1 Å². The standard InChI is InChI=1S/C29H34Cl2N4O3.ClH/c1-15(32)28(38)35-19-8-6-18(7-9-19)34-25-20-11-16(17-12-22(30)26(36)23(31)13-17)5-10-24(20)33-14-21(25)27(37)29(2,3)4;/h5,10-15,18-19,36H,6-9,32H2,1-4H3,(H,33,34)(H,35,38);1H/t15?,18-,19-;. The Morgan fingerprint density at radius 2 is 1.62 bits per heavy atom. The lowest BCUT2D eigenvalue weighted by atomic mass is 9.85. The third-order valence-corrected chi connectivity index (χ3v) is 7.56. The van der Waals surface area contributed by atoms with Crippen LogP contribution in [0.4, 0.5) is 5.69 Å². The molecule has 3 aromatic rings. The third kappa shape index (κ3) is 6.95. The van der Waals surface area contributed by atoms with Crippen molar-refractivity contribution in [3.8, 4) is 16.9 Å². The molecule has 0 bridgehead atoms. The summed E-state index contributed by atoms with van der Waals surface area (Å²) in [6.07, 6.45) is 4.95. The van der Waals surface area contributed by atoms with Crippen molar-refractivity contribution in [2.75, 3.05) is 5.32 Å². The number of anilines is 1. The van der Waals surface area contributed by atoms with Gasteiger partial charge in [0.15, 0.2) is 11.5 Å². The van der Waals surface area contributed by atoms with E-state index in [4.69, 9.17) is 28.9 Å². The Morgan fingerprint density at radius 1 is 1.03 bits per heavy atom. The van der Waals surface area contributed by atoms with Crippen LogP contribution in [-0.4, -0.2) is 39.9 Å². The number of benzene rings is 2. The average Bonchev–Trinajstić information content (AvgIpc) is 2.87. The lowest BCUT2D eigenvalue weighted by Gasteiger charge is -2.32. The zero-order valence-electron chi connectivity index (χ0n) is 22.5. The number of aromatic nitrogens is 1. The van der Waals surface area contributed by atoms with Gasteiger partial charge in [-0.05, 0) is 68.0 Å². The second-order valence-electron chi connectivity index (χ2n) is 11.1. The maximum Gasteiger partial charge on any atom is 0.236 e. The molecule has 1 aromatic heterocycles. The number of rotatable bonds is 6. The van der Waals surface area contributed by atoms with Gasteiger partial charge in [0.05, 0.1) is 32.9 Å². The fourth-order valence-corrected chi connectivity index (χ4v) is 5.24. The van der Waals surface area contributed by atoms with Gasteiger partial charge in [-0.2, -0.15) is 0 Å². The summed E-state index contributed by atoms with van der Waals surface area (Å²) < 4.78 is 0. The average molecular weight is 594 g/mol. The Balaban J connectivity index is 0.00000420. The molecule has 7 nitrogen and oxygen atoms in total. The Kier molecular flexibility index (Phi) is 9.76. The van der Waals surface area contributed by atoms with E-state index in [0.29, 0.717) is 5.56 Å². The van der Waals surface area contributed by atoms with Gasteiger partial charge in [-0.15, -0.1) is 12.4 Å². The molecule has 0 radical (unpaired) electrons. The van der Waals surface area contributed by atoms with Crippen LogP contribution in [0.3, 0.4) is 0 Å². The van der Waals surface area contributed by atoms with Crippen molar-refractivity contribution in [2.45, 2.75) is 71.5 Å². The van der Waals surface area contributed by atoms with Crippen LogP contribution < -0.4 is 16.4 Å². The fourth-order valence-electron chi connectivity index (χ4n) is 4.75. The summed E-state index contributed by atoms with van der Waals surface area (Å²) in [5.41, 5.74) is 8.71. The van der Waals surface area contributed by atoms with E-state index in [-0.39, 0.29) is 52.0 Å². The van der Waals surface area contributed by atoms with Crippen molar-refractivity contribution >= 4 is 63.9 Å². The Bertz CT molecular complexity index is 1360. The summed E-state index contributed by atoms with van der Waals surface area (Å²) in [4.78, 5) is 30.1. The topological polar surface area (TPSA) is 117 Å². The summed E-state index contributed by atoms with van der Waals surface area (Å²) in [5.74, 6) is -0.303.